The van der Waals surface area contributed by atoms with Crippen molar-refractivity contribution >= 4 is 53.5 Å². The van der Waals surface area contributed by atoms with Gasteiger partial charge in [-0.05, 0) is 0 Å². The quantitative estimate of drug-likeness (QED) is 0.147. The van der Waals surface area contributed by atoms with Gasteiger partial charge in [-0.2, -0.15) is 0 Å². The Morgan fingerprint density at radius 3 is 1.72 bits per heavy atom. The van der Waals surface area contributed by atoms with Gasteiger partial charge in [0, 0.05) is 0 Å². The van der Waals surface area contributed by atoms with Gasteiger partial charge in [0.2, 0.25) is 0 Å². The summed E-state index contributed by atoms with van der Waals surface area (Å²) in [7, 11) is -1.74. The normalized spacial score (nSPS) is 13.1. The molecule has 1 aromatic rings. The number of hydrogen-bond acceptors (Lipinski definition) is 3. The molecule has 0 aromatic carbocycles. The Labute approximate surface area is 213 Å². The summed E-state index contributed by atoms with van der Waals surface area (Å²) in [6, 6.07) is 0. The molecule has 0 aliphatic heterocycles. The van der Waals surface area contributed by atoms with Crippen LogP contribution in [-0.2, 0) is 10.8 Å². The van der Waals surface area contributed by atoms with Crippen molar-refractivity contribution in [2.24, 2.45) is 0 Å². The number of hydrogen-bond donors (Lipinski definition) is 0. The van der Waals surface area contributed by atoms with Crippen LogP contribution in [0.1, 0.15) is 92.1 Å². The molecular weight excluding hydrogens is 562 g/mol. The van der Waals surface area contributed by atoms with Crippen molar-refractivity contribution in [2.45, 2.75) is 124 Å². The van der Waals surface area contributed by atoms with Gasteiger partial charge in [0.15, 0.2) is 0 Å². The Morgan fingerprint density at radius 1 is 0.812 bits per heavy atom. The molecule has 0 saturated heterocycles. The maximum absolute atomic E-state index is 6.86. The van der Waals surface area contributed by atoms with Crippen LogP contribution in [0.5, 0.6) is 0 Å². The Balaban J connectivity index is 3.26. The SMILES string of the molecule is CCC[CH2][Sn]([CH2]CCC)([CH2]CCC)[c]1c(Cl)nnc(Cl)c1CCCO[Si](C)(C)C(C)(C)C. The average molecular weight is 610 g/mol. The van der Waals surface area contributed by atoms with E-state index in [9.17, 15) is 0 Å². The van der Waals surface area contributed by atoms with Crippen LogP contribution in [0.15, 0.2) is 0 Å². The molecule has 0 bridgehead atoms. The third kappa shape index (κ3) is 8.69. The van der Waals surface area contributed by atoms with E-state index in [1.165, 1.54) is 61.0 Å². The first-order valence-corrected chi connectivity index (χ1v) is 23.9. The Hall–Kier alpha value is 0.636. The van der Waals surface area contributed by atoms with E-state index in [0.29, 0.717) is 10.3 Å². The van der Waals surface area contributed by atoms with Crippen LogP contribution in [0.25, 0.3) is 0 Å². The van der Waals surface area contributed by atoms with E-state index < -0.39 is 26.7 Å². The minimum atomic E-state index is -2.79. The zero-order valence-corrected chi connectivity index (χ0v) is 27.4. The molecule has 0 unspecified atom stereocenters. The van der Waals surface area contributed by atoms with Crippen LogP contribution >= 0.6 is 23.2 Å². The first kappa shape index (κ1) is 30.7. The molecule has 0 atom stereocenters. The summed E-state index contributed by atoms with van der Waals surface area (Å²) >= 11 is 10.8. The van der Waals surface area contributed by atoms with Crippen LogP contribution in [0, 0.1) is 0 Å². The summed E-state index contributed by atoms with van der Waals surface area (Å²) in [4.78, 5) is 0. The van der Waals surface area contributed by atoms with Crippen molar-refractivity contribution in [3.8, 4) is 0 Å². The molecule has 1 rings (SSSR count). The molecule has 1 aromatic heterocycles. The topological polar surface area (TPSA) is 35.0 Å². The second-order valence-corrected chi connectivity index (χ2v) is 29.5. The molecule has 0 aliphatic rings. The number of aromatic nitrogens is 2. The van der Waals surface area contributed by atoms with Crippen molar-refractivity contribution in [1.82, 2.24) is 10.2 Å². The van der Waals surface area contributed by atoms with E-state index in [4.69, 9.17) is 27.6 Å². The van der Waals surface area contributed by atoms with Gasteiger partial charge in [-0.25, -0.2) is 0 Å². The first-order chi connectivity index (χ1) is 15.0. The number of halogens is 2. The van der Waals surface area contributed by atoms with Crippen LogP contribution in [-0.4, -0.2) is 43.5 Å². The molecule has 0 amide bonds. The third-order valence-electron chi connectivity index (χ3n) is 7.38. The summed E-state index contributed by atoms with van der Waals surface area (Å²) in [5.74, 6) is 0. The zero-order chi connectivity index (χ0) is 24.4. The molecule has 186 valence electrons. The zero-order valence-electron chi connectivity index (χ0n) is 22.0. The molecule has 0 radical (unpaired) electrons. The Kier molecular flexibility index (Phi) is 13.7. The predicted molar refractivity (Wildman–Crippen MR) is 148 cm³/mol. The monoisotopic (exact) mass is 610 g/mol. The van der Waals surface area contributed by atoms with E-state index in [2.05, 4.69) is 64.8 Å². The Bertz CT molecular complexity index is 673. The van der Waals surface area contributed by atoms with Crippen LogP contribution < -0.4 is 3.58 Å². The van der Waals surface area contributed by atoms with Crippen LogP contribution in [0.2, 0.25) is 41.7 Å². The van der Waals surface area contributed by atoms with E-state index in [1.54, 1.807) is 0 Å². The minimum absolute atomic E-state index is 0.226. The Morgan fingerprint density at radius 2 is 1.28 bits per heavy atom. The first-order valence-electron chi connectivity index (χ1n) is 12.8. The number of nitrogens with zero attached hydrogens (tertiary/aromatic N) is 2. The fraction of sp³-hybridized carbons (Fsp3) is 0.840. The second-order valence-electron chi connectivity index (χ2n) is 10.9. The van der Waals surface area contributed by atoms with E-state index in [-0.39, 0.29) is 5.04 Å². The van der Waals surface area contributed by atoms with Crippen molar-refractivity contribution < 1.29 is 4.43 Å². The van der Waals surface area contributed by atoms with Gasteiger partial charge in [0.05, 0.1) is 0 Å². The summed E-state index contributed by atoms with van der Waals surface area (Å²) in [5, 5.41) is 10.0. The maximum atomic E-state index is 6.86. The van der Waals surface area contributed by atoms with Gasteiger partial charge < -0.3 is 0 Å². The van der Waals surface area contributed by atoms with Gasteiger partial charge in [0.1, 0.15) is 0 Å². The molecule has 32 heavy (non-hydrogen) atoms. The van der Waals surface area contributed by atoms with Crippen molar-refractivity contribution in [3.05, 3.63) is 15.9 Å². The summed E-state index contributed by atoms with van der Waals surface area (Å²) in [5.41, 5.74) is 1.20. The van der Waals surface area contributed by atoms with Crippen molar-refractivity contribution in [3.63, 3.8) is 0 Å². The molecule has 7 heteroatoms. The van der Waals surface area contributed by atoms with Gasteiger partial charge in [-0.15, -0.1) is 0 Å². The summed E-state index contributed by atoms with van der Waals surface area (Å²) in [6.45, 7) is 19.2. The van der Waals surface area contributed by atoms with Gasteiger partial charge in [-0.3, -0.25) is 0 Å². The molecule has 0 spiro atoms. The van der Waals surface area contributed by atoms with Crippen molar-refractivity contribution in [2.75, 3.05) is 6.61 Å². The van der Waals surface area contributed by atoms with Crippen LogP contribution in [0.3, 0.4) is 0 Å². The molecule has 3 nitrogen and oxygen atoms in total. The number of rotatable bonds is 15. The average Bonchev–Trinajstić information content (AvgIpc) is 2.72. The van der Waals surface area contributed by atoms with E-state index in [1.807, 2.05) is 0 Å². The molecular formula is C25H48Cl2N2OSiSn. The fourth-order valence-corrected chi connectivity index (χ4v) is 24.3. The molecule has 0 saturated carbocycles. The fourth-order valence-electron chi connectivity index (χ4n) is 4.28. The second kappa shape index (κ2) is 14.3. The van der Waals surface area contributed by atoms with Gasteiger partial charge in [0.25, 0.3) is 0 Å². The van der Waals surface area contributed by atoms with E-state index >= 15 is 0 Å². The standard InChI is InChI=1S/C13H21Cl2N2OSi.3C4H9.Sn/c1-13(2,3)19(4,5)18-8-6-7-10-9-11(14)16-17-12(10)15;3*1-3-4-2;/h6-8H2,1-5H3;3*1,3-4H2,2H3;. The molecule has 1 heterocycles. The summed E-state index contributed by atoms with van der Waals surface area (Å²) in [6.07, 6.45) is 9.40. The van der Waals surface area contributed by atoms with Crippen LogP contribution in [0.4, 0.5) is 0 Å². The number of unbranched alkanes of at least 4 members (excludes halogenated alkanes) is 3. The summed E-state index contributed by atoms with van der Waals surface area (Å²) < 4.78 is 11.9. The van der Waals surface area contributed by atoms with Gasteiger partial charge in [-0.1, -0.05) is 0 Å². The molecule has 0 N–H and O–H groups in total. The third-order valence-corrected chi connectivity index (χ3v) is 28.7. The van der Waals surface area contributed by atoms with Crippen molar-refractivity contribution in [1.29, 1.82) is 0 Å². The molecule has 0 aliphatic carbocycles. The molecule has 0 fully saturated rings. The van der Waals surface area contributed by atoms with E-state index in [0.717, 1.165) is 19.4 Å². The predicted octanol–water partition coefficient (Wildman–Crippen LogP) is 8.79. The van der Waals surface area contributed by atoms with Gasteiger partial charge >= 0.3 is 215 Å².